The van der Waals surface area contributed by atoms with Crippen molar-refractivity contribution in [2.75, 3.05) is 5.32 Å². The Labute approximate surface area is 111 Å². The van der Waals surface area contributed by atoms with E-state index >= 15 is 0 Å². The summed E-state index contributed by atoms with van der Waals surface area (Å²) in [6.07, 6.45) is 0. The van der Waals surface area contributed by atoms with Gasteiger partial charge in [-0.25, -0.2) is 4.39 Å². The lowest BCUT2D eigenvalue weighted by Crippen LogP contribution is -2.26. The van der Waals surface area contributed by atoms with E-state index in [9.17, 15) is 9.18 Å². The van der Waals surface area contributed by atoms with Crippen LogP contribution in [0.15, 0.2) is 42.5 Å². The second-order valence-electron chi connectivity index (χ2n) is 5.32. The van der Waals surface area contributed by atoms with Crippen molar-refractivity contribution in [3.8, 4) is 11.1 Å². The Morgan fingerprint density at radius 3 is 2.58 bits per heavy atom. The van der Waals surface area contributed by atoms with Gasteiger partial charge < -0.3 is 5.32 Å². The van der Waals surface area contributed by atoms with Crippen molar-refractivity contribution >= 4 is 11.6 Å². The molecule has 1 amide bonds. The Bertz CT molecular complexity index is 676. The summed E-state index contributed by atoms with van der Waals surface area (Å²) in [4.78, 5) is 11.9. The minimum Gasteiger partial charge on any atom is -0.325 e. The zero-order valence-corrected chi connectivity index (χ0v) is 10.8. The minimum atomic E-state index is -0.573. The largest absolute Gasteiger partial charge is 0.325 e. The van der Waals surface area contributed by atoms with Gasteiger partial charge >= 0.3 is 0 Å². The number of hydrogen-bond donors (Lipinski definition) is 1. The molecule has 3 rings (SSSR count). The highest BCUT2D eigenvalue weighted by atomic mass is 19.1. The summed E-state index contributed by atoms with van der Waals surface area (Å²) in [5.74, 6) is -0.272. The molecule has 0 radical (unpaired) electrons. The monoisotopic (exact) mass is 255 g/mol. The second-order valence-corrected chi connectivity index (χ2v) is 5.32. The molecule has 0 spiro atoms. The highest BCUT2D eigenvalue weighted by Gasteiger charge is 2.38. The zero-order chi connectivity index (χ0) is 13.6. The zero-order valence-electron chi connectivity index (χ0n) is 10.8. The van der Waals surface area contributed by atoms with E-state index in [1.54, 1.807) is 18.2 Å². The van der Waals surface area contributed by atoms with E-state index in [0.717, 1.165) is 16.8 Å². The van der Waals surface area contributed by atoms with Gasteiger partial charge in [-0.3, -0.25) is 4.79 Å². The molecule has 19 heavy (non-hydrogen) atoms. The maximum Gasteiger partial charge on any atom is 0.234 e. The summed E-state index contributed by atoms with van der Waals surface area (Å²) in [5.41, 5.74) is 2.51. The highest BCUT2D eigenvalue weighted by molar-refractivity contribution is 6.06. The average molecular weight is 255 g/mol. The lowest BCUT2D eigenvalue weighted by atomic mass is 9.84. The van der Waals surface area contributed by atoms with E-state index in [1.165, 1.54) is 6.07 Å². The van der Waals surface area contributed by atoms with E-state index < -0.39 is 5.41 Å². The number of anilines is 1. The molecule has 0 saturated heterocycles. The number of hydrogen-bond acceptors (Lipinski definition) is 1. The van der Waals surface area contributed by atoms with E-state index in [0.29, 0.717) is 5.56 Å². The van der Waals surface area contributed by atoms with Crippen LogP contribution in [-0.2, 0) is 10.2 Å². The van der Waals surface area contributed by atoms with Crippen molar-refractivity contribution in [3.63, 3.8) is 0 Å². The molecule has 0 unspecified atom stereocenters. The SMILES string of the molecule is CC1(C)C(=O)Nc2ccc(-c3ccccc3F)cc21. The first kappa shape index (κ1) is 11.9. The molecule has 1 aliphatic heterocycles. The molecule has 0 aliphatic carbocycles. The van der Waals surface area contributed by atoms with Crippen molar-refractivity contribution < 1.29 is 9.18 Å². The van der Waals surface area contributed by atoms with Crippen LogP contribution < -0.4 is 5.32 Å². The van der Waals surface area contributed by atoms with Crippen molar-refractivity contribution in [1.29, 1.82) is 0 Å². The van der Waals surface area contributed by atoms with Gasteiger partial charge in [0, 0.05) is 11.3 Å². The van der Waals surface area contributed by atoms with Gasteiger partial charge in [0.1, 0.15) is 5.82 Å². The first-order valence-electron chi connectivity index (χ1n) is 6.21. The number of halogens is 1. The van der Waals surface area contributed by atoms with E-state index in [4.69, 9.17) is 0 Å². The fourth-order valence-electron chi connectivity index (χ4n) is 2.43. The Morgan fingerprint density at radius 2 is 1.84 bits per heavy atom. The first-order valence-corrected chi connectivity index (χ1v) is 6.21. The van der Waals surface area contributed by atoms with Gasteiger partial charge in [0.05, 0.1) is 5.41 Å². The third kappa shape index (κ3) is 1.73. The predicted octanol–water partition coefficient (Wildman–Crippen LogP) is 3.72. The fraction of sp³-hybridized carbons (Fsp3) is 0.188. The third-order valence-electron chi connectivity index (χ3n) is 3.69. The summed E-state index contributed by atoms with van der Waals surface area (Å²) in [6.45, 7) is 3.75. The number of rotatable bonds is 1. The summed E-state index contributed by atoms with van der Waals surface area (Å²) in [5, 5.41) is 2.85. The van der Waals surface area contributed by atoms with Crippen LogP contribution in [0.5, 0.6) is 0 Å². The molecule has 96 valence electrons. The lowest BCUT2D eigenvalue weighted by molar-refractivity contribution is -0.119. The van der Waals surface area contributed by atoms with E-state index in [-0.39, 0.29) is 11.7 Å². The van der Waals surface area contributed by atoms with Crippen molar-refractivity contribution in [1.82, 2.24) is 0 Å². The molecule has 2 nitrogen and oxygen atoms in total. The van der Waals surface area contributed by atoms with Gasteiger partial charge in [-0.1, -0.05) is 24.3 Å². The van der Waals surface area contributed by atoms with Crippen LogP contribution in [0.4, 0.5) is 10.1 Å². The number of benzene rings is 2. The Kier molecular flexibility index (Phi) is 2.45. The Balaban J connectivity index is 2.16. The number of carbonyl (C=O) groups is 1. The molecule has 0 saturated carbocycles. The molecule has 0 atom stereocenters. The molecular weight excluding hydrogens is 241 g/mol. The average Bonchev–Trinajstić information content (AvgIpc) is 2.61. The summed E-state index contributed by atoms with van der Waals surface area (Å²) in [6, 6.07) is 12.2. The molecule has 1 aliphatic rings. The number of carbonyl (C=O) groups excluding carboxylic acids is 1. The van der Waals surface area contributed by atoms with E-state index in [1.807, 2.05) is 32.0 Å². The van der Waals surface area contributed by atoms with Crippen LogP contribution in [0.3, 0.4) is 0 Å². The smallest absolute Gasteiger partial charge is 0.234 e. The second kappa shape index (κ2) is 3.92. The van der Waals surface area contributed by atoms with Crippen molar-refractivity contribution in [3.05, 3.63) is 53.8 Å². The maximum absolute atomic E-state index is 13.8. The lowest BCUT2D eigenvalue weighted by Gasteiger charge is -2.16. The van der Waals surface area contributed by atoms with Crippen LogP contribution in [0, 0.1) is 5.82 Å². The molecule has 2 aromatic rings. The molecule has 0 aromatic heterocycles. The third-order valence-corrected chi connectivity index (χ3v) is 3.69. The van der Waals surface area contributed by atoms with Crippen LogP contribution in [0.25, 0.3) is 11.1 Å². The molecular formula is C16H14FNO. The normalized spacial score (nSPS) is 16.1. The maximum atomic E-state index is 13.8. The summed E-state index contributed by atoms with van der Waals surface area (Å²) in [7, 11) is 0. The highest BCUT2D eigenvalue weighted by Crippen LogP contribution is 2.39. The molecule has 1 N–H and O–H groups in total. The predicted molar refractivity (Wildman–Crippen MR) is 73.5 cm³/mol. The van der Waals surface area contributed by atoms with Gasteiger partial charge in [0.2, 0.25) is 5.91 Å². The van der Waals surface area contributed by atoms with Crippen molar-refractivity contribution in [2.45, 2.75) is 19.3 Å². The summed E-state index contributed by atoms with van der Waals surface area (Å²) >= 11 is 0. The Morgan fingerprint density at radius 1 is 1.11 bits per heavy atom. The fourth-order valence-corrected chi connectivity index (χ4v) is 2.43. The van der Waals surface area contributed by atoms with Gasteiger partial charge in [-0.05, 0) is 43.2 Å². The van der Waals surface area contributed by atoms with Gasteiger partial charge in [0.15, 0.2) is 0 Å². The molecule has 2 aromatic carbocycles. The topological polar surface area (TPSA) is 29.1 Å². The van der Waals surface area contributed by atoms with Gasteiger partial charge in [-0.15, -0.1) is 0 Å². The number of nitrogens with one attached hydrogen (secondary N) is 1. The van der Waals surface area contributed by atoms with Gasteiger partial charge in [-0.2, -0.15) is 0 Å². The van der Waals surface area contributed by atoms with Crippen LogP contribution in [0.1, 0.15) is 19.4 Å². The molecule has 1 heterocycles. The van der Waals surface area contributed by atoms with Crippen molar-refractivity contribution in [2.24, 2.45) is 0 Å². The van der Waals surface area contributed by atoms with Crippen LogP contribution in [0.2, 0.25) is 0 Å². The summed E-state index contributed by atoms with van der Waals surface area (Å²) < 4.78 is 13.8. The molecule has 0 bridgehead atoms. The quantitative estimate of drug-likeness (QED) is 0.826. The Hall–Kier alpha value is -2.16. The van der Waals surface area contributed by atoms with Crippen LogP contribution in [-0.4, -0.2) is 5.91 Å². The van der Waals surface area contributed by atoms with Crippen LogP contribution >= 0.6 is 0 Å². The number of fused-ring (bicyclic) bond motifs is 1. The first-order chi connectivity index (χ1) is 9.00. The standard InChI is InChI=1S/C16H14FNO/c1-16(2)12-9-10(7-8-14(12)18-15(16)19)11-5-3-4-6-13(11)17/h3-9H,1-2H3,(H,18,19). The molecule has 0 fully saturated rings. The minimum absolute atomic E-state index is 0.0202. The van der Waals surface area contributed by atoms with Gasteiger partial charge in [0.25, 0.3) is 0 Å². The molecule has 3 heteroatoms. The van der Waals surface area contributed by atoms with E-state index in [2.05, 4.69) is 5.32 Å². The number of amides is 1.